The summed E-state index contributed by atoms with van der Waals surface area (Å²) < 4.78 is 29.0. The molecule has 38 heavy (non-hydrogen) atoms. The molecule has 1 aliphatic heterocycles. The van der Waals surface area contributed by atoms with Gasteiger partial charge < -0.3 is 23.7 Å². The van der Waals surface area contributed by atoms with E-state index < -0.39 is 55.2 Å². The Hall–Kier alpha value is -0.829. The Morgan fingerprint density at radius 2 is 1.29 bits per heavy atom. The highest BCUT2D eigenvalue weighted by atomic mass is 28.4. The van der Waals surface area contributed by atoms with Gasteiger partial charge in [0.25, 0.3) is 0 Å². The lowest BCUT2D eigenvalue weighted by Crippen LogP contribution is -2.54. The molecule has 2 heterocycles. The van der Waals surface area contributed by atoms with Crippen LogP contribution in [0.1, 0.15) is 68.5 Å². The summed E-state index contributed by atoms with van der Waals surface area (Å²) in [5.41, 5.74) is 5.36. The summed E-state index contributed by atoms with van der Waals surface area (Å²) in [4.78, 5) is 17.0. The van der Waals surface area contributed by atoms with Crippen LogP contribution in [0.3, 0.4) is 0 Å². The van der Waals surface area contributed by atoms with E-state index in [4.69, 9.17) is 23.7 Å². The van der Waals surface area contributed by atoms with Gasteiger partial charge >= 0.3 is 5.69 Å². The Balaban J connectivity index is 2.64. The van der Waals surface area contributed by atoms with Crippen LogP contribution in [-0.2, 0) is 18.0 Å². The van der Waals surface area contributed by atoms with Crippen molar-refractivity contribution in [1.82, 2.24) is 9.55 Å². The molecule has 1 aromatic rings. The van der Waals surface area contributed by atoms with E-state index in [1.807, 2.05) is 0 Å². The second kappa shape index (κ2) is 10.9. The second-order valence-corrected chi connectivity index (χ2v) is 29.7. The summed E-state index contributed by atoms with van der Waals surface area (Å²) in [6.07, 6.45) is -0.349. The zero-order valence-electron chi connectivity index (χ0n) is 26.7. The van der Waals surface area contributed by atoms with Gasteiger partial charge in [0.2, 0.25) is 0 Å². The molecule has 1 aromatic heterocycles. The second-order valence-electron chi connectivity index (χ2n) is 15.4. The van der Waals surface area contributed by atoms with Crippen molar-refractivity contribution in [3.05, 3.63) is 22.7 Å². The normalized spacial score (nSPS) is 24.2. The third-order valence-electron chi connectivity index (χ3n) is 9.30. The summed E-state index contributed by atoms with van der Waals surface area (Å²) in [5.74, 6) is 0.179. The third kappa shape index (κ3) is 7.27. The van der Waals surface area contributed by atoms with Gasteiger partial charge in [0.1, 0.15) is 24.1 Å². The van der Waals surface area contributed by atoms with E-state index >= 15 is 0 Å². The quantitative estimate of drug-likeness (QED) is 0.347. The number of hydrogen-bond donors (Lipinski definition) is 1. The molecule has 0 aliphatic carbocycles. The van der Waals surface area contributed by atoms with Gasteiger partial charge in [-0.05, 0) is 60.5 Å². The maximum absolute atomic E-state index is 13.0. The molecule has 4 atom stereocenters. The molecule has 220 valence electrons. The summed E-state index contributed by atoms with van der Waals surface area (Å²) in [7, 11) is -6.61. The van der Waals surface area contributed by atoms with Gasteiger partial charge in [-0.1, -0.05) is 62.3 Å². The molecule has 0 saturated carbocycles. The van der Waals surface area contributed by atoms with Crippen molar-refractivity contribution in [3.8, 4) is 0 Å². The van der Waals surface area contributed by atoms with Crippen LogP contribution in [0.25, 0.3) is 0 Å². The van der Waals surface area contributed by atoms with E-state index in [0.29, 0.717) is 6.61 Å². The fourth-order valence-corrected chi connectivity index (χ4v) is 7.11. The van der Waals surface area contributed by atoms with E-state index in [0.717, 1.165) is 0 Å². The molecule has 11 heteroatoms. The van der Waals surface area contributed by atoms with Crippen LogP contribution in [0.15, 0.2) is 17.1 Å². The Morgan fingerprint density at radius 1 is 0.842 bits per heavy atom. The van der Waals surface area contributed by atoms with E-state index in [1.165, 1.54) is 4.57 Å². The summed E-state index contributed by atoms with van der Waals surface area (Å²) in [6, 6.07) is 1.62. The number of nitrogens with two attached hydrogens (primary N) is 1. The SMILES string of the molecule is CC(C)(C)[Si](C)(C)OC[C@H]1O[C@@H](n2ccc(N)nc2=O)[C@@H](O[Si](C)(C)C(C)(C)C)C1O[Si](C)(C)C(C)(C)C. The molecule has 2 rings (SSSR count). The van der Waals surface area contributed by atoms with Crippen molar-refractivity contribution in [2.75, 3.05) is 12.3 Å². The number of hydrogen-bond acceptors (Lipinski definition) is 7. The van der Waals surface area contributed by atoms with Crippen LogP contribution in [0.2, 0.25) is 54.4 Å². The molecule has 1 aliphatic rings. The van der Waals surface area contributed by atoms with Crippen molar-refractivity contribution in [2.24, 2.45) is 0 Å². The minimum atomic E-state index is -2.29. The number of rotatable bonds is 8. The van der Waals surface area contributed by atoms with Gasteiger partial charge in [-0.15, -0.1) is 0 Å². The molecule has 0 bridgehead atoms. The first-order chi connectivity index (χ1) is 16.8. The Labute approximate surface area is 234 Å². The third-order valence-corrected chi connectivity index (χ3v) is 22.7. The highest BCUT2D eigenvalue weighted by Gasteiger charge is 2.55. The lowest BCUT2D eigenvalue weighted by Gasteiger charge is -2.44. The van der Waals surface area contributed by atoms with Crippen molar-refractivity contribution >= 4 is 30.8 Å². The molecule has 8 nitrogen and oxygen atoms in total. The fourth-order valence-electron chi connectivity index (χ4n) is 3.49. The molecule has 0 amide bonds. The van der Waals surface area contributed by atoms with Crippen LogP contribution >= 0.6 is 0 Å². The predicted octanol–water partition coefficient (Wildman–Crippen LogP) is 6.53. The van der Waals surface area contributed by atoms with Gasteiger partial charge in [-0.25, -0.2) is 4.79 Å². The van der Waals surface area contributed by atoms with Crippen molar-refractivity contribution in [3.63, 3.8) is 0 Å². The Kier molecular flexibility index (Phi) is 9.54. The summed E-state index contributed by atoms with van der Waals surface area (Å²) in [5, 5.41) is -0.00812. The minimum absolute atomic E-state index is 0.0168. The van der Waals surface area contributed by atoms with Crippen LogP contribution in [0, 0.1) is 0 Å². The molecule has 1 fully saturated rings. The van der Waals surface area contributed by atoms with E-state index in [-0.39, 0.29) is 20.9 Å². The Bertz CT molecular complexity index is 1020. The van der Waals surface area contributed by atoms with Crippen LogP contribution in [-0.4, -0.2) is 59.4 Å². The van der Waals surface area contributed by atoms with Gasteiger partial charge in [0.05, 0.1) is 6.61 Å². The number of aromatic nitrogens is 2. The Morgan fingerprint density at radius 3 is 1.71 bits per heavy atom. The largest absolute Gasteiger partial charge is 0.414 e. The molecule has 1 unspecified atom stereocenters. The molecular weight excluding hydrogens is 531 g/mol. The summed E-state index contributed by atoms with van der Waals surface area (Å²) >= 11 is 0. The number of anilines is 1. The van der Waals surface area contributed by atoms with Gasteiger partial charge in [-0.2, -0.15) is 4.98 Å². The lowest BCUT2D eigenvalue weighted by molar-refractivity contribution is -0.0509. The smallest absolute Gasteiger partial charge is 0.351 e. The van der Waals surface area contributed by atoms with Crippen LogP contribution in [0.5, 0.6) is 0 Å². The van der Waals surface area contributed by atoms with Gasteiger partial charge in [0.15, 0.2) is 31.2 Å². The van der Waals surface area contributed by atoms with Crippen molar-refractivity contribution in [1.29, 1.82) is 0 Å². The van der Waals surface area contributed by atoms with Crippen LogP contribution < -0.4 is 11.4 Å². The molecule has 0 radical (unpaired) electrons. The zero-order chi connectivity index (χ0) is 29.7. The molecule has 1 saturated heterocycles. The van der Waals surface area contributed by atoms with E-state index in [9.17, 15) is 4.79 Å². The highest BCUT2D eigenvalue weighted by molar-refractivity contribution is 6.75. The number of nitrogens with zero attached hydrogens (tertiary/aromatic N) is 2. The molecule has 0 aromatic carbocycles. The van der Waals surface area contributed by atoms with Crippen LogP contribution in [0.4, 0.5) is 5.82 Å². The maximum Gasteiger partial charge on any atom is 0.351 e. The molecule has 2 N–H and O–H groups in total. The van der Waals surface area contributed by atoms with Gasteiger partial charge in [0, 0.05) is 6.20 Å². The van der Waals surface area contributed by atoms with Gasteiger partial charge in [-0.3, -0.25) is 4.57 Å². The fraction of sp³-hybridized carbons (Fsp3) is 0.852. The van der Waals surface area contributed by atoms with Crippen molar-refractivity contribution < 1.29 is 18.0 Å². The molecule has 0 spiro atoms. The average Bonchev–Trinajstić information content (AvgIpc) is 3.00. The first-order valence-corrected chi connectivity index (χ1v) is 22.5. The predicted molar refractivity (Wildman–Crippen MR) is 164 cm³/mol. The molecular formula is C27H55N3O5Si3. The number of ether oxygens (including phenoxy) is 1. The first-order valence-electron chi connectivity index (χ1n) is 13.8. The zero-order valence-corrected chi connectivity index (χ0v) is 29.7. The van der Waals surface area contributed by atoms with Crippen molar-refractivity contribution in [2.45, 2.75) is 141 Å². The monoisotopic (exact) mass is 585 g/mol. The standard InChI is InChI=1S/C27H55N3O5Si3/c1-25(2,3)36(10,11)32-18-19-21(34-37(12,13)26(4,5)6)22(35-38(14,15)27(7,8)9)23(33-19)30-17-16-20(28)29-24(30)31/h16-17,19,21-23H,18H2,1-15H3,(H2,28,29,31)/t19-,21?,22+,23-/m1/s1. The first kappa shape index (κ1) is 33.4. The van der Waals surface area contributed by atoms with E-state index in [2.05, 4.69) is 107 Å². The average molecular weight is 586 g/mol. The van der Waals surface area contributed by atoms with E-state index in [1.54, 1.807) is 12.3 Å². The minimum Gasteiger partial charge on any atom is -0.414 e. The lowest BCUT2D eigenvalue weighted by atomic mass is 10.1. The number of nitrogen functional groups attached to an aromatic ring is 1. The topological polar surface area (TPSA) is 97.8 Å². The highest BCUT2D eigenvalue weighted by Crippen LogP contribution is 2.46. The summed E-state index contributed by atoms with van der Waals surface area (Å²) in [6.45, 7) is 33.8. The maximum atomic E-state index is 13.0.